The Morgan fingerprint density at radius 3 is 2.53 bits per heavy atom. The number of pyridine rings is 1. The summed E-state index contributed by atoms with van der Waals surface area (Å²) in [5.41, 5.74) is 4.40. The first kappa shape index (κ1) is 9.87. The maximum atomic E-state index is 9.18. The van der Waals surface area contributed by atoms with Crippen LogP contribution in [0.15, 0.2) is 42.7 Å². The van der Waals surface area contributed by atoms with Gasteiger partial charge in [0.05, 0.1) is 6.61 Å². The van der Waals surface area contributed by atoms with Gasteiger partial charge in [0.25, 0.3) is 0 Å². The Morgan fingerprint density at radius 2 is 1.87 bits per heavy atom. The van der Waals surface area contributed by atoms with Gasteiger partial charge in [0.1, 0.15) is 0 Å². The molecule has 0 aliphatic carbocycles. The van der Waals surface area contributed by atoms with Crippen molar-refractivity contribution in [3.05, 3.63) is 53.9 Å². The number of nitrogens with zero attached hydrogens (tertiary/aromatic N) is 1. The highest BCUT2D eigenvalue weighted by molar-refractivity contribution is 5.67. The molecule has 2 rings (SSSR count). The zero-order valence-electron chi connectivity index (χ0n) is 8.64. The maximum Gasteiger partial charge on any atom is 0.0684 e. The molecule has 76 valence electrons. The number of aliphatic hydroxyl groups excluding tert-OH is 1. The molecule has 0 saturated heterocycles. The molecule has 1 aromatic carbocycles. The van der Waals surface area contributed by atoms with Gasteiger partial charge in [-0.05, 0) is 41.3 Å². The summed E-state index contributed by atoms with van der Waals surface area (Å²) < 4.78 is 0. The highest BCUT2D eigenvalue weighted by Crippen LogP contribution is 2.24. The van der Waals surface area contributed by atoms with Gasteiger partial charge in [0, 0.05) is 12.4 Å². The van der Waals surface area contributed by atoms with Gasteiger partial charge >= 0.3 is 0 Å². The lowest BCUT2D eigenvalue weighted by Gasteiger charge is -2.09. The van der Waals surface area contributed by atoms with Gasteiger partial charge in [-0.2, -0.15) is 0 Å². The molecule has 0 fully saturated rings. The first-order chi connectivity index (χ1) is 7.33. The van der Waals surface area contributed by atoms with Crippen LogP contribution < -0.4 is 0 Å². The standard InChI is InChI=1S/C13H13NO/c1-10-12(9-15)3-2-4-13(10)11-5-7-14-8-6-11/h2-8,15H,9H2,1H3. The molecule has 0 aliphatic heterocycles. The lowest BCUT2D eigenvalue weighted by molar-refractivity contribution is 0.281. The Balaban J connectivity index is 2.54. The van der Waals surface area contributed by atoms with Crippen molar-refractivity contribution in [2.45, 2.75) is 13.5 Å². The van der Waals surface area contributed by atoms with Crippen molar-refractivity contribution in [2.24, 2.45) is 0 Å². The highest BCUT2D eigenvalue weighted by atomic mass is 16.3. The Hall–Kier alpha value is -1.67. The SMILES string of the molecule is Cc1c(CO)cccc1-c1ccncc1. The van der Waals surface area contributed by atoms with Gasteiger partial charge in [-0.1, -0.05) is 18.2 Å². The first-order valence-electron chi connectivity index (χ1n) is 4.92. The normalized spacial score (nSPS) is 10.3. The molecule has 15 heavy (non-hydrogen) atoms. The smallest absolute Gasteiger partial charge is 0.0684 e. The van der Waals surface area contributed by atoms with Crippen LogP contribution in [-0.2, 0) is 6.61 Å². The molecular weight excluding hydrogens is 186 g/mol. The van der Waals surface area contributed by atoms with Crippen molar-refractivity contribution in [3.8, 4) is 11.1 Å². The largest absolute Gasteiger partial charge is 0.392 e. The second-order valence-corrected chi connectivity index (χ2v) is 3.48. The summed E-state index contributed by atoms with van der Waals surface area (Å²) >= 11 is 0. The van der Waals surface area contributed by atoms with E-state index in [4.69, 9.17) is 0 Å². The van der Waals surface area contributed by atoms with Crippen molar-refractivity contribution >= 4 is 0 Å². The minimum absolute atomic E-state index is 0.0881. The van der Waals surface area contributed by atoms with Crippen LogP contribution in [0.4, 0.5) is 0 Å². The van der Waals surface area contributed by atoms with E-state index >= 15 is 0 Å². The van der Waals surface area contributed by atoms with Crippen LogP contribution in [0.1, 0.15) is 11.1 Å². The van der Waals surface area contributed by atoms with Crippen LogP contribution >= 0.6 is 0 Å². The number of benzene rings is 1. The minimum atomic E-state index is 0.0881. The predicted molar refractivity (Wildman–Crippen MR) is 60.3 cm³/mol. The summed E-state index contributed by atoms with van der Waals surface area (Å²) in [5, 5.41) is 9.18. The molecule has 1 N–H and O–H groups in total. The van der Waals surface area contributed by atoms with Crippen LogP contribution in [0.5, 0.6) is 0 Å². The third-order valence-electron chi connectivity index (χ3n) is 2.61. The molecule has 1 heterocycles. The van der Waals surface area contributed by atoms with Crippen LogP contribution in [-0.4, -0.2) is 10.1 Å². The Labute approximate surface area is 89.2 Å². The molecule has 0 saturated carbocycles. The van der Waals surface area contributed by atoms with Gasteiger partial charge in [0.2, 0.25) is 0 Å². The number of aromatic nitrogens is 1. The molecule has 0 radical (unpaired) electrons. The van der Waals surface area contributed by atoms with Gasteiger partial charge in [-0.3, -0.25) is 4.98 Å². The summed E-state index contributed by atoms with van der Waals surface area (Å²) in [7, 11) is 0. The van der Waals surface area contributed by atoms with Gasteiger partial charge < -0.3 is 5.11 Å². The Kier molecular flexibility index (Phi) is 2.79. The first-order valence-corrected chi connectivity index (χ1v) is 4.92. The molecule has 2 aromatic rings. The van der Waals surface area contributed by atoms with Crippen molar-refractivity contribution in [1.82, 2.24) is 4.98 Å². The predicted octanol–water partition coefficient (Wildman–Crippen LogP) is 2.55. The van der Waals surface area contributed by atoms with Gasteiger partial charge in [-0.25, -0.2) is 0 Å². The Morgan fingerprint density at radius 1 is 1.13 bits per heavy atom. The fourth-order valence-corrected chi connectivity index (χ4v) is 1.70. The van der Waals surface area contributed by atoms with E-state index in [-0.39, 0.29) is 6.61 Å². The average molecular weight is 199 g/mol. The molecule has 0 unspecified atom stereocenters. The third-order valence-corrected chi connectivity index (χ3v) is 2.61. The van der Waals surface area contributed by atoms with Crippen molar-refractivity contribution in [3.63, 3.8) is 0 Å². The quantitative estimate of drug-likeness (QED) is 0.806. The molecule has 2 heteroatoms. The van der Waals surface area contributed by atoms with Gasteiger partial charge in [0.15, 0.2) is 0 Å². The van der Waals surface area contributed by atoms with E-state index in [0.29, 0.717) is 0 Å². The molecular formula is C13H13NO. The second-order valence-electron chi connectivity index (χ2n) is 3.48. The fraction of sp³-hybridized carbons (Fsp3) is 0.154. The lowest BCUT2D eigenvalue weighted by atomic mass is 9.97. The maximum absolute atomic E-state index is 9.18. The molecule has 2 nitrogen and oxygen atoms in total. The Bertz CT molecular complexity index is 451. The molecule has 1 aromatic heterocycles. The molecule has 0 bridgehead atoms. The molecule has 0 atom stereocenters. The topological polar surface area (TPSA) is 33.1 Å². The summed E-state index contributed by atoms with van der Waals surface area (Å²) in [6.45, 7) is 2.12. The van der Waals surface area contributed by atoms with E-state index in [1.54, 1.807) is 12.4 Å². The van der Waals surface area contributed by atoms with Crippen LogP contribution in [0, 0.1) is 6.92 Å². The number of hydrogen-bond donors (Lipinski definition) is 1. The number of aliphatic hydroxyl groups is 1. The summed E-state index contributed by atoms with van der Waals surface area (Å²) in [6, 6.07) is 9.92. The minimum Gasteiger partial charge on any atom is -0.392 e. The van der Waals surface area contributed by atoms with Crippen molar-refractivity contribution in [1.29, 1.82) is 0 Å². The third kappa shape index (κ3) is 1.90. The van der Waals surface area contributed by atoms with E-state index in [9.17, 15) is 5.11 Å². The summed E-state index contributed by atoms with van der Waals surface area (Å²) in [4.78, 5) is 3.99. The lowest BCUT2D eigenvalue weighted by Crippen LogP contribution is -1.91. The highest BCUT2D eigenvalue weighted by Gasteiger charge is 2.04. The van der Waals surface area contributed by atoms with Crippen LogP contribution in [0.2, 0.25) is 0 Å². The van der Waals surface area contributed by atoms with Crippen LogP contribution in [0.3, 0.4) is 0 Å². The van der Waals surface area contributed by atoms with E-state index in [1.165, 1.54) is 0 Å². The molecule has 0 amide bonds. The van der Waals surface area contributed by atoms with E-state index < -0.39 is 0 Å². The summed E-state index contributed by atoms with van der Waals surface area (Å²) in [6.07, 6.45) is 3.56. The van der Waals surface area contributed by atoms with Crippen molar-refractivity contribution in [2.75, 3.05) is 0 Å². The van der Waals surface area contributed by atoms with Crippen LogP contribution in [0.25, 0.3) is 11.1 Å². The number of rotatable bonds is 2. The van der Waals surface area contributed by atoms with E-state index in [2.05, 4.69) is 11.1 Å². The van der Waals surface area contributed by atoms with E-state index in [0.717, 1.165) is 22.3 Å². The summed E-state index contributed by atoms with van der Waals surface area (Å²) in [5.74, 6) is 0. The number of hydrogen-bond acceptors (Lipinski definition) is 2. The molecule has 0 aliphatic rings. The molecule has 0 spiro atoms. The average Bonchev–Trinajstić information content (AvgIpc) is 2.30. The monoisotopic (exact) mass is 199 g/mol. The van der Waals surface area contributed by atoms with Gasteiger partial charge in [-0.15, -0.1) is 0 Å². The fourth-order valence-electron chi connectivity index (χ4n) is 1.70. The van der Waals surface area contributed by atoms with Crippen molar-refractivity contribution < 1.29 is 5.11 Å². The zero-order valence-corrected chi connectivity index (χ0v) is 8.64. The van der Waals surface area contributed by atoms with E-state index in [1.807, 2.05) is 31.2 Å². The second kappa shape index (κ2) is 4.24. The zero-order chi connectivity index (χ0) is 10.7.